The van der Waals surface area contributed by atoms with Gasteiger partial charge in [0, 0.05) is 5.92 Å². The maximum Gasteiger partial charge on any atom is 0.407 e. The quantitative estimate of drug-likeness (QED) is 0.495. The molecule has 1 amide bonds. The van der Waals surface area contributed by atoms with Crippen LogP contribution in [0.4, 0.5) is 4.79 Å². The van der Waals surface area contributed by atoms with Gasteiger partial charge in [-0.15, -0.1) is 0 Å². The van der Waals surface area contributed by atoms with Crippen molar-refractivity contribution < 1.29 is 23.8 Å². The lowest BCUT2D eigenvalue weighted by Crippen LogP contribution is -2.33. The molecule has 3 aromatic rings. The minimum atomic E-state index is -0.663. The zero-order chi connectivity index (χ0) is 20.9. The van der Waals surface area contributed by atoms with Gasteiger partial charge in [0.25, 0.3) is 0 Å². The summed E-state index contributed by atoms with van der Waals surface area (Å²) in [6, 6.07) is 22.8. The Balaban J connectivity index is 1.30. The number of methoxy groups -OCH3 is 1. The van der Waals surface area contributed by atoms with E-state index < -0.39 is 12.1 Å². The average molecular weight is 403 g/mol. The number of benzene rings is 3. The Kier molecular flexibility index (Phi) is 5.66. The SMILES string of the molecule is COc1ccc(OC(=O)CNC(=O)OCC2c3ccccc3-c3ccccc32)cc1. The first kappa shape index (κ1) is 19.5. The van der Waals surface area contributed by atoms with E-state index in [4.69, 9.17) is 14.2 Å². The van der Waals surface area contributed by atoms with Gasteiger partial charge in [-0.2, -0.15) is 0 Å². The van der Waals surface area contributed by atoms with Gasteiger partial charge < -0.3 is 19.5 Å². The molecule has 4 rings (SSSR count). The van der Waals surface area contributed by atoms with Crippen LogP contribution in [0.25, 0.3) is 11.1 Å². The Hall–Kier alpha value is -3.80. The molecule has 6 heteroatoms. The van der Waals surface area contributed by atoms with E-state index in [0.717, 1.165) is 22.3 Å². The average Bonchev–Trinajstić information content (AvgIpc) is 3.10. The molecule has 0 radical (unpaired) electrons. The number of fused-ring (bicyclic) bond motifs is 3. The number of hydrogen-bond acceptors (Lipinski definition) is 5. The van der Waals surface area contributed by atoms with E-state index in [2.05, 4.69) is 17.4 Å². The van der Waals surface area contributed by atoms with E-state index in [9.17, 15) is 9.59 Å². The highest BCUT2D eigenvalue weighted by Crippen LogP contribution is 2.44. The summed E-state index contributed by atoms with van der Waals surface area (Å²) in [5.41, 5.74) is 4.58. The molecule has 3 aromatic carbocycles. The predicted octanol–water partition coefficient (Wildman–Crippen LogP) is 4.14. The monoisotopic (exact) mass is 403 g/mol. The van der Waals surface area contributed by atoms with Crippen molar-refractivity contribution >= 4 is 12.1 Å². The van der Waals surface area contributed by atoms with Crippen LogP contribution in [-0.2, 0) is 9.53 Å². The summed E-state index contributed by atoms with van der Waals surface area (Å²) in [4.78, 5) is 24.0. The number of carbonyl (C=O) groups excluding carboxylic acids is 2. The molecule has 1 aliphatic carbocycles. The molecule has 0 heterocycles. The standard InChI is InChI=1S/C24H21NO5/c1-28-16-10-12-17(13-11-16)30-23(26)14-25-24(27)29-15-22-20-8-4-2-6-18(20)19-7-3-5-9-21(19)22/h2-13,22H,14-15H2,1H3,(H,25,27). The lowest BCUT2D eigenvalue weighted by Gasteiger charge is -2.14. The molecule has 1 aliphatic rings. The number of carbonyl (C=O) groups is 2. The Morgan fingerprint density at radius 1 is 0.833 bits per heavy atom. The molecule has 0 aliphatic heterocycles. The number of esters is 1. The van der Waals surface area contributed by atoms with Crippen LogP contribution in [0.2, 0.25) is 0 Å². The molecule has 152 valence electrons. The van der Waals surface area contributed by atoms with Gasteiger partial charge in [0.1, 0.15) is 24.7 Å². The fraction of sp³-hybridized carbons (Fsp3) is 0.167. The molecule has 0 spiro atoms. The van der Waals surface area contributed by atoms with Crippen molar-refractivity contribution in [2.24, 2.45) is 0 Å². The molecule has 0 atom stereocenters. The maximum absolute atomic E-state index is 12.1. The van der Waals surface area contributed by atoms with Crippen molar-refractivity contribution in [2.75, 3.05) is 20.3 Å². The molecule has 0 bridgehead atoms. The van der Waals surface area contributed by atoms with Crippen molar-refractivity contribution in [1.29, 1.82) is 0 Å². The number of nitrogens with one attached hydrogen (secondary N) is 1. The first-order valence-electron chi connectivity index (χ1n) is 9.59. The number of hydrogen-bond donors (Lipinski definition) is 1. The van der Waals surface area contributed by atoms with Crippen molar-refractivity contribution in [1.82, 2.24) is 5.32 Å². The molecule has 0 aromatic heterocycles. The van der Waals surface area contributed by atoms with Gasteiger partial charge in [-0.05, 0) is 46.5 Å². The number of alkyl carbamates (subject to hydrolysis) is 1. The van der Waals surface area contributed by atoms with Gasteiger partial charge in [-0.3, -0.25) is 0 Å². The molecule has 0 fully saturated rings. The first-order chi connectivity index (χ1) is 14.7. The zero-order valence-electron chi connectivity index (χ0n) is 16.5. The van der Waals surface area contributed by atoms with Crippen LogP contribution in [0.15, 0.2) is 72.8 Å². The van der Waals surface area contributed by atoms with Crippen LogP contribution in [0.3, 0.4) is 0 Å². The Morgan fingerprint density at radius 3 is 2.00 bits per heavy atom. The highest BCUT2D eigenvalue weighted by atomic mass is 16.6. The van der Waals surface area contributed by atoms with E-state index in [1.165, 1.54) is 0 Å². The Morgan fingerprint density at radius 2 is 1.40 bits per heavy atom. The summed E-state index contributed by atoms with van der Waals surface area (Å²) in [7, 11) is 1.55. The van der Waals surface area contributed by atoms with Gasteiger partial charge in [0.15, 0.2) is 0 Å². The second kappa shape index (κ2) is 8.69. The van der Waals surface area contributed by atoms with Gasteiger partial charge in [-0.25, -0.2) is 9.59 Å². The van der Waals surface area contributed by atoms with E-state index in [1.54, 1.807) is 31.4 Å². The van der Waals surface area contributed by atoms with E-state index >= 15 is 0 Å². The second-order valence-electron chi connectivity index (χ2n) is 6.83. The summed E-state index contributed by atoms with van der Waals surface area (Å²) in [6.07, 6.45) is -0.663. The third-order valence-corrected chi connectivity index (χ3v) is 5.01. The van der Waals surface area contributed by atoms with E-state index in [1.807, 2.05) is 36.4 Å². The molecule has 30 heavy (non-hydrogen) atoms. The smallest absolute Gasteiger partial charge is 0.407 e. The van der Waals surface area contributed by atoms with Crippen molar-refractivity contribution in [3.05, 3.63) is 83.9 Å². The third-order valence-electron chi connectivity index (χ3n) is 5.01. The molecular weight excluding hydrogens is 382 g/mol. The number of amides is 1. The van der Waals surface area contributed by atoms with Crippen LogP contribution in [-0.4, -0.2) is 32.3 Å². The Labute approximate surface area is 174 Å². The van der Waals surface area contributed by atoms with Crippen LogP contribution in [0.5, 0.6) is 11.5 Å². The third kappa shape index (κ3) is 4.12. The normalized spacial score (nSPS) is 11.9. The van der Waals surface area contributed by atoms with Crippen molar-refractivity contribution in [3.8, 4) is 22.6 Å². The van der Waals surface area contributed by atoms with Crippen LogP contribution < -0.4 is 14.8 Å². The van der Waals surface area contributed by atoms with Crippen LogP contribution >= 0.6 is 0 Å². The van der Waals surface area contributed by atoms with E-state index in [-0.39, 0.29) is 19.1 Å². The summed E-state index contributed by atoms with van der Waals surface area (Å²) in [5.74, 6) is 0.407. The highest BCUT2D eigenvalue weighted by Gasteiger charge is 2.29. The molecular formula is C24H21NO5. The molecule has 6 nitrogen and oxygen atoms in total. The number of rotatable bonds is 6. The van der Waals surface area contributed by atoms with Crippen molar-refractivity contribution in [2.45, 2.75) is 5.92 Å². The molecule has 0 saturated carbocycles. The molecule has 1 N–H and O–H groups in total. The maximum atomic E-state index is 12.1. The minimum absolute atomic E-state index is 0.0330. The van der Waals surface area contributed by atoms with Gasteiger partial charge in [0.2, 0.25) is 0 Å². The summed E-state index contributed by atoms with van der Waals surface area (Å²) < 4.78 is 15.6. The number of ether oxygens (including phenoxy) is 3. The van der Waals surface area contributed by atoms with E-state index in [0.29, 0.717) is 11.5 Å². The fourth-order valence-electron chi connectivity index (χ4n) is 3.61. The minimum Gasteiger partial charge on any atom is -0.497 e. The highest BCUT2D eigenvalue weighted by molar-refractivity contribution is 5.80. The molecule has 0 unspecified atom stereocenters. The van der Waals surface area contributed by atoms with Gasteiger partial charge in [-0.1, -0.05) is 48.5 Å². The van der Waals surface area contributed by atoms with Gasteiger partial charge >= 0.3 is 12.1 Å². The Bertz CT molecular complexity index is 1020. The second-order valence-corrected chi connectivity index (χ2v) is 6.83. The van der Waals surface area contributed by atoms with Gasteiger partial charge in [0.05, 0.1) is 7.11 Å². The topological polar surface area (TPSA) is 73.9 Å². The zero-order valence-corrected chi connectivity index (χ0v) is 16.5. The fourth-order valence-corrected chi connectivity index (χ4v) is 3.61. The summed E-state index contributed by atoms with van der Waals surface area (Å²) in [6.45, 7) is -0.101. The van der Waals surface area contributed by atoms with Crippen molar-refractivity contribution in [3.63, 3.8) is 0 Å². The largest absolute Gasteiger partial charge is 0.497 e. The van der Waals surface area contributed by atoms with Crippen LogP contribution in [0, 0.1) is 0 Å². The summed E-state index contributed by atoms with van der Waals surface area (Å²) >= 11 is 0. The molecule has 0 saturated heterocycles. The summed E-state index contributed by atoms with van der Waals surface area (Å²) in [5, 5.41) is 2.44. The predicted molar refractivity (Wildman–Crippen MR) is 112 cm³/mol. The lowest BCUT2D eigenvalue weighted by molar-refractivity contribution is -0.133. The lowest BCUT2D eigenvalue weighted by atomic mass is 9.98. The first-order valence-corrected chi connectivity index (χ1v) is 9.59. The van der Waals surface area contributed by atoms with Crippen LogP contribution in [0.1, 0.15) is 17.0 Å².